The van der Waals surface area contributed by atoms with Crippen LogP contribution in [0.1, 0.15) is 38.2 Å². The zero-order valence-electron chi connectivity index (χ0n) is 16.3. The van der Waals surface area contributed by atoms with E-state index in [0.717, 1.165) is 24.9 Å². The summed E-state index contributed by atoms with van der Waals surface area (Å²) in [5.41, 5.74) is 0.923. The maximum atomic E-state index is 12.4. The van der Waals surface area contributed by atoms with Crippen LogP contribution in [0.25, 0.3) is 0 Å². The molecule has 1 heterocycles. The summed E-state index contributed by atoms with van der Waals surface area (Å²) in [6.45, 7) is 4.11. The summed E-state index contributed by atoms with van der Waals surface area (Å²) >= 11 is 0. The summed E-state index contributed by atoms with van der Waals surface area (Å²) in [4.78, 5) is 28.4. The Morgan fingerprint density at radius 2 is 1.93 bits per heavy atom. The Hall–Kier alpha value is -2.55. The van der Waals surface area contributed by atoms with Crippen molar-refractivity contribution in [3.05, 3.63) is 29.8 Å². The van der Waals surface area contributed by atoms with Crippen molar-refractivity contribution in [2.45, 2.75) is 39.0 Å². The van der Waals surface area contributed by atoms with Gasteiger partial charge in [0.25, 0.3) is 5.91 Å². The first kappa shape index (κ1) is 20.8. The monoisotopic (exact) mass is 371 g/mol. The van der Waals surface area contributed by atoms with Gasteiger partial charge in [-0.2, -0.15) is 5.26 Å². The number of benzene rings is 1. The molecule has 2 amide bonds. The maximum Gasteiger partial charge on any atom is 0.260 e. The van der Waals surface area contributed by atoms with Gasteiger partial charge in [-0.05, 0) is 37.0 Å². The predicted molar refractivity (Wildman–Crippen MR) is 103 cm³/mol. The first-order valence-electron chi connectivity index (χ1n) is 9.66. The Bertz CT molecular complexity index is 658. The molecule has 27 heavy (non-hydrogen) atoms. The van der Waals surface area contributed by atoms with Crippen LogP contribution in [0.3, 0.4) is 0 Å². The molecule has 0 aromatic heterocycles. The van der Waals surface area contributed by atoms with Crippen molar-refractivity contribution in [3.8, 4) is 11.8 Å². The number of carbonyl (C=O) groups excluding carboxylic acids is 2. The van der Waals surface area contributed by atoms with Gasteiger partial charge in [0, 0.05) is 32.6 Å². The zero-order valence-corrected chi connectivity index (χ0v) is 16.3. The standard InChI is InChI=1S/C21H29N3O3/c1-3-4-13-23(2)21(26)18-10-14-24(15-11-18)20(25)16-27-19-7-5-17(6-8-19)9-12-22/h5-8,18H,3-4,9-11,13-16H2,1-2H3. The van der Waals surface area contributed by atoms with Crippen LogP contribution in [0.15, 0.2) is 24.3 Å². The van der Waals surface area contributed by atoms with Crippen LogP contribution >= 0.6 is 0 Å². The maximum absolute atomic E-state index is 12.4. The Morgan fingerprint density at radius 1 is 1.26 bits per heavy atom. The quantitative estimate of drug-likeness (QED) is 0.704. The van der Waals surface area contributed by atoms with Crippen molar-refractivity contribution < 1.29 is 14.3 Å². The van der Waals surface area contributed by atoms with Gasteiger partial charge in [-0.3, -0.25) is 9.59 Å². The molecular weight excluding hydrogens is 342 g/mol. The number of piperidine rings is 1. The molecule has 2 rings (SSSR count). The first-order valence-corrected chi connectivity index (χ1v) is 9.66. The van der Waals surface area contributed by atoms with Crippen LogP contribution in [0, 0.1) is 17.2 Å². The number of carbonyl (C=O) groups is 2. The number of hydrogen-bond donors (Lipinski definition) is 0. The van der Waals surface area contributed by atoms with Crippen LogP contribution < -0.4 is 4.74 Å². The van der Waals surface area contributed by atoms with Crippen molar-refractivity contribution in [1.82, 2.24) is 9.80 Å². The molecule has 6 nitrogen and oxygen atoms in total. The fraction of sp³-hybridized carbons (Fsp3) is 0.571. The van der Waals surface area contributed by atoms with E-state index in [-0.39, 0.29) is 24.3 Å². The molecule has 0 spiro atoms. The number of rotatable bonds is 8. The second kappa shape index (κ2) is 10.6. The van der Waals surface area contributed by atoms with Gasteiger partial charge < -0.3 is 14.5 Å². The minimum absolute atomic E-state index is 0.00733. The van der Waals surface area contributed by atoms with Crippen molar-refractivity contribution in [2.75, 3.05) is 33.3 Å². The summed E-state index contributed by atoms with van der Waals surface area (Å²) < 4.78 is 5.56. The van der Waals surface area contributed by atoms with E-state index in [2.05, 4.69) is 13.0 Å². The number of nitriles is 1. The van der Waals surface area contributed by atoms with Crippen LogP contribution in [0.4, 0.5) is 0 Å². The molecule has 0 aliphatic carbocycles. The molecule has 0 bridgehead atoms. The van der Waals surface area contributed by atoms with Gasteiger partial charge in [0.15, 0.2) is 6.61 Å². The molecule has 1 aromatic rings. The summed E-state index contributed by atoms with van der Waals surface area (Å²) in [6.07, 6.45) is 3.88. The summed E-state index contributed by atoms with van der Waals surface area (Å²) in [5.74, 6) is 0.780. The lowest BCUT2D eigenvalue weighted by atomic mass is 9.95. The molecule has 1 aromatic carbocycles. The topological polar surface area (TPSA) is 73.6 Å². The fourth-order valence-corrected chi connectivity index (χ4v) is 3.22. The van der Waals surface area contributed by atoms with Crippen LogP contribution in [-0.4, -0.2) is 54.9 Å². The number of likely N-dealkylation sites (tertiary alicyclic amines) is 1. The number of amides is 2. The van der Waals surface area contributed by atoms with Crippen molar-refractivity contribution in [2.24, 2.45) is 5.92 Å². The highest BCUT2D eigenvalue weighted by molar-refractivity contribution is 5.80. The Labute approximate surface area is 161 Å². The van der Waals surface area contributed by atoms with Crippen molar-refractivity contribution in [3.63, 3.8) is 0 Å². The van der Waals surface area contributed by atoms with Gasteiger partial charge in [0.2, 0.25) is 5.91 Å². The molecule has 6 heteroatoms. The zero-order chi connectivity index (χ0) is 19.6. The van der Waals surface area contributed by atoms with Gasteiger partial charge in [-0.1, -0.05) is 25.5 Å². The van der Waals surface area contributed by atoms with E-state index < -0.39 is 0 Å². The average Bonchev–Trinajstić information content (AvgIpc) is 2.71. The second-order valence-corrected chi connectivity index (χ2v) is 7.04. The van der Waals surface area contributed by atoms with E-state index in [0.29, 0.717) is 38.1 Å². The first-order chi connectivity index (χ1) is 13.0. The Balaban J connectivity index is 1.74. The minimum Gasteiger partial charge on any atom is -0.484 e. The molecule has 1 aliphatic rings. The third kappa shape index (κ3) is 6.28. The molecule has 1 fully saturated rings. The largest absolute Gasteiger partial charge is 0.484 e. The molecule has 1 saturated heterocycles. The van der Waals surface area contributed by atoms with Gasteiger partial charge in [0.05, 0.1) is 12.5 Å². The molecule has 1 aliphatic heterocycles. The van der Waals surface area contributed by atoms with E-state index in [1.165, 1.54) is 0 Å². The minimum atomic E-state index is -0.0543. The second-order valence-electron chi connectivity index (χ2n) is 7.04. The Kier molecular flexibility index (Phi) is 8.12. The number of hydrogen-bond acceptors (Lipinski definition) is 4. The van der Waals surface area contributed by atoms with Crippen LogP contribution in [0.5, 0.6) is 5.75 Å². The highest BCUT2D eigenvalue weighted by Gasteiger charge is 2.29. The van der Waals surface area contributed by atoms with E-state index in [1.807, 2.05) is 24.1 Å². The smallest absolute Gasteiger partial charge is 0.260 e. The molecule has 0 N–H and O–H groups in total. The van der Waals surface area contributed by atoms with E-state index in [9.17, 15) is 9.59 Å². The lowest BCUT2D eigenvalue weighted by molar-refractivity contribution is -0.140. The predicted octanol–water partition coefficient (Wildman–Crippen LogP) is 2.63. The lowest BCUT2D eigenvalue weighted by Gasteiger charge is -2.33. The summed E-state index contributed by atoms with van der Waals surface area (Å²) in [6, 6.07) is 9.30. The van der Waals surface area contributed by atoms with E-state index in [4.69, 9.17) is 10.00 Å². The van der Waals surface area contributed by atoms with Gasteiger partial charge >= 0.3 is 0 Å². The third-order valence-electron chi connectivity index (χ3n) is 4.99. The molecule has 146 valence electrons. The summed E-state index contributed by atoms with van der Waals surface area (Å²) in [7, 11) is 1.87. The number of ether oxygens (including phenoxy) is 1. The number of unbranched alkanes of at least 4 members (excludes halogenated alkanes) is 1. The molecule has 0 saturated carbocycles. The lowest BCUT2D eigenvalue weighted by Crippen LogP contribution is -2.45. The summed E-state index contributed by atoms with van der Waals surface area (Å²) in [5, 5.41) is 8.68. The van der Waals surface area contributed by atoms with E-state index >= 15 is 0 Å². The van der Waals surface area contributed by atoms with E-state index in [1.54, 1.807) is 17.0 Å². The van der Waals surface area contributed by atoms with Gasteiger partial charge in [-0.15, -0.1) is 0 Å². The highest BCUT2D eigenvalue weighted by Crippen LogP contribution is 2.20. The third-order valence-corrected chi connectivity index (χ3v) is 4.99. The van der Waals surface area contributed by atoms with Crippen molar-refractivity contribution >= 4 is 11.8 Å². The van der Waals surface area contributed by atoms with Gasteiger partial charge in [0.1, 0.15) is 5.75 Å². The molecule has 0 unspecified atom stereocenters. The average molecular weight is 371 g/mol. The SMILES string of the molecule is CCCCN(C)C(=O)C1CCN(C(=O)COc2ccc(CC#N)cc2)CC1. The van der Waals surface area contributed by atoms with Crippen LogP contribution in [0.2, 0.25) is 0 Å². The Morgan fingerprint density at radius 3 is 2.52 bits per heavy atom. The van der Waals surface area contributed by atoms with Gasteiger partial charge in [-0.25, -0.2) is 0 Å². The molecule has 0 atom stereocenters. The van der Waals surface area contributed by atoms with Crippen molar-refractivity contribution in [1.29, 1.82) is 5.26 Å². The molecular formula is C21H29N3O3. The van der Waals surface area contributed by atoms with Crippen LogP contribution in [-0.2, 0) is 16.0 Å². The number of nitrogens with zero attached hydrogens (tertiary/aromatic N) is 3. The molecule has 0 radical (unpaired) electrons. The fourth-order valence-electron chi connectivity index (χ4n) is 3.22. The normalized spacial score (nSPS) is 14.5. The highest BCUT2D eigenvalue weighted by atomic mass is 16.5.